The van der Waals surface area contributed by atoms with Gasteiger partial charge in [0.15, 0.2) is 0 Å². The van der Waals surface area contributed by atoms with Crippen LogP contribution in [0.5, 0.6) is 0 Å². The van der Waals surface area contributed by atoms with Gasteiger partial charge < -0.3 is 10.5 Å². The molecule has 1 aliphatic rings. The van der Waals surface area contributed by atoms with Crippen LogP contribution in [0.1, 0.15) is 5.56 Å². The molecule has 1 atom stereocenters. The molecule has 0 radical (unpaired) electrons. The van der Waals surface area contributed by atoms with E-state index in [1.165, 1.54) is 4.90 Å². The Morgan fingerprint density at radius 3 is 2.62 bits per heavy atom. The van der Waals surface area contributed by atoms with Gasteiger partial charge >= 0.3 is 6.09 Å². The van der Waals surface area contributed by atoms with Gasteiger partial charge in [-0.25, -0.2) is 4.79 Å². The third-order valence-electron chi connectivity index (χ3n) is 2.38. The van der Waals surface area contributed by atoms with E-state index in [0.29, 0.717) is 6.54 Å². The van der Waals surface area contributed by atoms with E-state index in [1.54, 1.807) is 0 Å². The largest absolute Gasteiger partial charge is 0.445 e. The lowest BCUT2D eigenvalue weighted by Gasteiger charge is -2.05. The minimum absolute atomic E-state index is 0.210. The first-order valence-corrected chi connectivity index (χ1v) is 4.95. The van der Waals surface area contributed by atoms with Crippen molar-refractivity contribution in [3.8, 4) is 0 Å². The lowest BCUT2D eigenvalue weighted by molar-refractivity contribution is -0.118. The van der Waals surface area contributed by atoms with Crippen LogP contribution in [0.25, 0.3) is 0 Å². The van der Waals surface area contributed by atoms with Gasteiger partial charge in [0, 0.05) is 0 Å². The van der Waals surface area contributed by atoms with E-state index in [2.05, 4.69) is 0 Å². The van der Waals surface area contributed by atoms with Gasteiger partial charge in [-0.3, -0.25) is 9.69 Å². The van der Waals surface area contributed by atoms with Gasteiger partial charge in [-0.1, -0.05) is 30.3 Å². The molecule has 5 nitrogen and oxygen atoms in total. The highest BCUT2D eigenvalue weighted by atomic mass is 16.6. The van der Waals surface area contributed by atoms with Crippen LogP contribution in [0.3, 0.4) is 0 Å². The highest BCUT2D eigenvalue weighted by Gasteiger charge is 2.44. The second kappa shape index (κ2) is 4.22. The van der Waals surface area contributed by atoms with Crippen LogP contribution in [0.4, 0.5) is 4.79 Å². The molecule has 1 saturated heterocycles. The maximum atomic E-state index is 11.4. The number of carbonyl (C=O) groups is 2. The van der Waals surface area contributed by atoms with Gasteiger partial charge in [-0.05, 0) is 5.56 Å². The molecule has 16 heavy (non-hydrogen) atoms. The molecule has 1 aromatic carbocycles. The summed E-state index contributed by atoms with van der Waals surface area (Å²) >= 11 is 0. The quantitative estimate of drug-likeness (QED) is 0.753. The fraction of sp³-hybridized carbons (Fsp3) is 0.273. The average Bonchev–Trinajstić information content (AvgIpc) is 3.07. The Kier molecular flexibility index (Phi) is 2.76. The summed E-state index contributed by atoms with van der Waals surface area (Å²) in [6, 6.07) is 8.86. The fourth-order valence-electron chi connectivity index (χ4n) is 1.39. The molecule has 1 aliphatic heterocycles. The zero-order chi connectivity index (χ0) is 11.5. The summed E-state index contributed by atoms with van der Waals surface area (Å²) in [5.74, 6) is -0.489. The third-order valence-corrected chi connectivity index (χ3v) is 2.38. The molecule has 0 aromatic heterocycles. The van der Waals surface area contributed by atoms with E-state index in [-0.39, 0.29) is 6.61 Å². The number of hydrogen-bond acceptors (Lipinski definition) is 3. The zero-order valence-electron chi connectivity index (χ0n) is 8.63. The number of rotatable bonds is 3. The second-order valence-corrected chi connectivity index (χ2v) is 3.61. The second-order valence-electron chi connectivity index (χ2n) is 3.61. The summed E-state index contributed by atoms with van der Waals surface area (Å²) in [5, 5.41) is 0. The molecular formula is C11H12N2O3. The van der Waals surface area contributed by atoms with Crippen LogP contribution < -0.4 is 5.73 Å². The van der Waals surface area contributed by atoms with Gasteiger partial charge in [0.2, 0.25) is 5.91 Å². The molecule has 1 heterocycles. The molecular weight excluding hydrogens is 208 g/mol. The van der Waals surface area contributed by atoms with Crippen molar-refractivity contribution in [1.82, 2.24) is 4.90 Å². The summed E-state index contributed by atoms with van der Waals surface area (Å²) < 4.78 is 5.01. The van der Waals surface area contributed by atoms with E-state index >= 15 is 0 Å². The Morgan fingerprint density at radius 1 is 1.38 bits per heavy atom. The maximum absolute atomic E-state index is 11.4. The number of nitrogens with two attached hydrogens (primary N) is 1. The minimum Gasteiger partial charge on any atom is -0.445 e. The van der Waals surface area contributed by atoms with Gasteiger partial charge in [-0.15, -0.1) is 0 Å². The number of amides is 2. The van der Waals surface area contributed by atoms with Crippen molar-refractivity contribution in [1.29, 1.82) is 0 Å². The zero-order valence-corrected chi connectivity index (χ0v) is 8.63. The topological polar surface area (TPSA) is 72.4 Å². The van der Waals surface area contributed by atoms with Gasteiger partial charge in [0.05, 0.1) is 6.54 Å². The van der Waals surface area contributed by atoms with Crippen molar-refractivity contribution in [3.63, 3.8) is 0 Å². The van der Waals surface area contributed by atoms with Gasteiger partial charge in [0.25, 0.3) is 0 Å². The first kappa shape index (κ1) is 10.5. The molecule has 0 bridgehead atoms. The highest BCUT2D eigenvalue weighted by molar-refractivity contribution is 5.89. The molecule has 0 aliphatic carbocycles. The van der Waals surface area contributed by atoms with Crippen molar-refractivity contribution in [2.75, 3.05) is 6.54 Å². The van der Waals surface area contributed by atoms with Crippen LogP contribution in [-0.2, 0) is 16.1 Å². The van der Waals surface area contributed by atoms with Crippen molar-refractivity contribution in [2.24, 2.45) is 5.73 Å². The molecule has 0 saturated carbocycles. The molecule has 84 valence electrons. The Labute approximate surface area is 92.8 Å². The Morgan fingerprint density at radius 2 is 2.06 bits per heavy atom. The molecule has 2 N–H and O–H groups in total. The van der Waals surface area contributed by atoms with E-state index < -0.39 is 18.0 Å². The molecule has 1 unspecified atom stereocenters. The van der Waals surface area contributed by atoms with Crippen LogP contribution >= 0.6 is 0 Å². The number of carbonyl (C=O) groups excluding carboxylic acids is 2. The normalized spacial score (nSPS) is 18.0. The molecule has 5 heteroatoms. The lowest BCUT2D eigenvalue weighted by Crippen LogP contribution is -2.25. The Bertz CT molecular complexity index is 405. The van der Waals surface area contributed by atoms with Gasteiger partial charge in [0.1, 0.15) is 12.6 Å². The summed E-state index contributed by atoms with van der Waals surface area (Å²) in [5.41, 5.74) is 5.96. The number of hydrogen-bond donors (Lipinski definition) is 1. The van der Waals surface area contributed by atoms with Crippen molar-refractivity contribution < 1.29 is 14.3 Å². The van der Waals surface area contributed by atoms with E-state index in [4.69, 9.17) is 10.5 Å². The minimum atomic E-state index is -0.493. The van der Waals surface area contributed by atoms with E-state index in [1.807, 2.05) is 30.3 Å². The Balaban J connectivity index is 1.80. The molecule has 1 aromatic rings. The van der Waals surface area contributed by atoms with E-state index in [0.717, 1.165) is 5.56 Å². The van der Waals surface area contributed by atoms with Crippen molar-refractivity contribution >= 4 is 12.0 Å². The molecule has 0 spiro atoms. The predicted molar refractivity (Wildman–Crippen MR) is 56.3 cm³/mol. The van der Waals surface area contributed by atoms with Gasteiger partial charge in [-0.2, -0.15) is 0 Å². The van der Waals surface area contributed by atoms with Crippen LogP contribution in [0.15, 0.2) is 30.3 Å². The summed E-state index contributed by atoms with van der Waals surface area (Å²) in [6.45, 7) is 0.574. The number of benzene rings is 1. The fourth-order valence-corrected chi connectivity index (χ4v) is 1.39. The molecule has 2 rings (SSSR count). The summed E-state index contributed by atoms with van der Waals surface area (Å²) in [4.78, 5) is 23.4. The smallest absolute Gasteiger partial charge is 0.410 e. The highest BCUT2D eigenvalue weighted by Crippen LogP contribution is 2.18. The van der Waals surface area contributed by atoms with Crippen LogP contribution in [0.2, 0.25) is 0 Å². The monoisotopic (exact) mass is 220 g/mol. The van der Waals surface area contributed by atoms with E-state index in [9.17, 15) is 9.59 Å². The van der Waals surface area contributed by atoms with Crippen molar-refractivity contribution in [3.05, 3.63) is 35.9 Å². The molecule has 2 amide bonds. The first-order chi connectivity index (χ1) is 7.68. The molecule has 1 fully saturated rings. The van der Waals surface area contributed by atoms with Crippen molar-refractivity contribution in [2.45, 2.75) is 12.6 Å². The number of ether oxygens (including phenoxy) is 1. The standard InChI is InChI=1S/C11H12N2O3/c12-10(14)9-6-13(9)11(15)16-7-8-4-2-1-3-5-8/h1-5,9H,6-7H2,(H2,12,14). The lowest BCUT2D eigenvalue weighted by atomic mass is 10.2. The first-order valence-electron chi connectivity index (χ1n) is 4.95. The average molecular weight is 220 g/mol. The number of nitrogens with zero attached hydrogens (tertiary/aromatic N) is 1. The Hall–Kier alpha value is -2.04. The van der Waals surface area contributed by atoms with Crippen LogP contribution in [-0.4, -0.2) is 29.5 Å². The summed E-state index contributed by atoms with van der Waals surface area (Å²) in [7, 11) is 0. The number of primary amides is 1. The SMILES string of the molecule is NC(=O)C1CN1C(=O)OCc1ccccc1. The predicted octanol–water partition coefficient (Wildman–Crippen LogP) is 0.493. The maximum Gasteiger partial charge on any atom is 0.410 e. The third kappa shape index (κ3) is 2.31. The van der Waals surface area contributed by atoms with Crippen LogP contribution in [0, 0.1) is 0 Å². The summed E-state index contributed by atoms with van der Waals surface area (Å²) in [6.07, 6.45) is -0.493.